The Morgan fingerprint density at radius 1 is 1.31 bits per heavy atom. The molecular weight excluding hydrogens is 160 g/mol. The molecule has 0 radical (unpaired) electrons. The third-order valence-electron chi connectivity index (χ3n) is 3.07. The summed E-state index contributed by atoms with van der Waals surface area (Å²) in [5, 5.41) is 3.61. The van der Waals surface area contributed by atoms with Crippen LogP contribution in [0.15, 0.2) is 4.99 Å². The molecule has 0 saturated heterocycles. The molecule has 2 nitrogen and oxygen atoms in total. The van der Waals surface area contributed by atoms with Gasteiger partial charge in [0.15, 0.2) is 0 Å². The molecule has 1 atom stereocenters. The number of nitrogens with zero attached hydrogens (tertiary/aromatic N) is 1. The Morgan fingerprint density at radius 3 is 2.38 bits per heavy atom. The summed E-state index contributed by atoms with van der Waals surface area (Å²) in [7, 11) is 0. The predicted molar refractivity (Wildman–Crippen MR) is 56.3 cm³/mol. The van der Waals surface area contributed by atoms with Crippen LogP contribution in [0.4, 0.5) is 0 Å². The third kappa shape index (κ3) is 2.11. The second-order valence-electron chi connectivity index (χ2n) is 5.36. The van der Waals surface area contributed by atoms with Gasteiger partial charge in [-0.3, -0.25) is 4.99 Å². The van der Waals surface area contributed by atoms with Crippen molar-refractivity contribution in [3.05, 3.63) is 0 Å². The average Bonchev–Trinajstić information content (AvgIpc) is 2.85. The summed E-state index contributed by atoms with van der Waals surface area (Å²) < 4.78 is 0. The molecule has 0 bridgehead atoms. The minimum absolute atomic E-state index is 0.252. The van der Waals surface area contributed by atoms with Crippen molar-refractivity contribution in [3.63, 3.8) is 0 Å². The van der Waals surface area contributed by atoms with E-state index in [4.69, 9.17) is 4.99 Å². The molecule has 1 N–H and O–H groups in total. The Labute approximate surface area is 80.8 Å². The molecule has 1 aliphatic carbocycles. The molecule has 1 saturated carbocycles. The van der Waals surface area contributed by atoms with E-state index in [0.717, 1.165) is 19.0 Å². The normalized spacial score (nSPS) is 30.1. The van der Waals surface area contributed by atoms with Crippen molar-refractivity contribution >= 4 is 5.71 Å². The Morgan fingerprint density at radius 2 is 2.00 bits per heavy atom. The quantitative estimate of drug-likeness (QED) is 0.654. The number of aliphatic imine (C=N–C) groups is 1. The Hall–Kier alpha value is -0.370. The van der Waals surface area contributed by atoms with Gasteiger partial charge in [0.05, 0.1) is 6.54 Å². The van der Waals surface area contributed by atoms with Crippen molar-refractivity contribution < 1.29 is 0 Å². The lowest BCUT2D eigenvalue weighted by Gasteiger charge is -2.29. The van der Waals surface area contributed by atoms with Crippen LogP contribution < -0.4 is 5.32 Å². The van der Waals surface area contributed by atoms with E-state index in [1.54, 1.807) is 0 Å². The van der Waals surface area contributed by atoms with Crippen molar-refractivity contribution in [1.29, 1.82) is 0 Å². The topological polar surface area (TPSA) is 24.4 Å². The lowest BCUT2D eigenvalue weighted by molar-refractivity contribution is 0.459. The van der Waals surface area contributed by atoms with Crippen LogP contribution in [0.1, 0.15) is 33.6 Å². The van der Waals surface area contributed by atoms with E-state index in [1.165, 1.54) is 18.6 Å². The Balaban J connectivity index is 1.95. The van der Waals surface area contributed by atoms with Crippen LogP contribution in [-0.4, -0.2) is 24.8 Å². The summed E-state index contributed by atoms with van der Waals surface area (Å²) in [6.07, 6.45) is 2.83. The van der Waals surface area contributed by atoms with Gasteiger partial charge in [-0.25, -0.2) is 0 Å². The molecule has 0 aromatic carbocycles. The van der Waals surface area contributed by atoms with Crippen LogP contribution in [0.25, 0.3) is 0 Å². The van der Waals surface area contributed by atoms with E-state index < -0.39 is 0 Å². The molecule has 2 heteroatoms. The van der Waals surface area contributed by atoms with Gasteiger partial charge in [0, 0.05) is 23.7 Å². The maximum atomic E-state index is 4.70. The largest absolute Gasteiger partial charge is 0.307 e. The van der Waals surface area contributed by atoms with Crippen LogP contribution in [0.3, 0.4) is 0 Å². The fourth-order valence-electron chi connectivity index (χ4n) is 1.87. The second-order valence-corrected chi connectivity index (χ2v) is 5.36. The van der Waals surface area contributed by atoms with E-state index in [1.807, 2.05) is 0 Å². The molecule has 0 spiro atoms. The van der Waals surface area contributed by atoms with Crippen molar-refractivity contribution in [2.24, 2.45) is 16.3 Å². The first-order valence-electron chi connectivity index (χ1n) is 5.34. The van der Waals surface area contributed by atoms with E-state index in [0.29, 0.717) is 6.04 Å². The van der Waals surface area contributed by atoms with Gasteiger partial charge in [-0.2, -0.15) is 0 Å². The monoisotopic (exact) mass is 180 g/mol. The summed E-state index contributed by atoms with van der Waals surface area (Å²) in [6, 6.07) is 0.686. The number of hydrogen-bond donors (Lipinski definition) is 1. The zero-order valence-corrected chi connectivity index (χ0v) is 8.93. The van der Waals surface area contributed by atoms with Gasteiger partial charge in [-0.1, -0.05) is 20.8 Å². The smallest absolute Gasteiger partial charge is 0.0545 e. The summed E-state index contributed by atoms with van der Waals surface area (Å²) in [4.78, 5) is 4.70. The first-order chi connectivity index (χ1) is 6.07. The molecule has 1 fully saturated rings. The SMILES string of the molecule is CC(C)(C)C1=NCC(C2CC2)NC1. The Kier molecular flexibility index (Phi) is 2.18. The molecule has 0 aromatic rings. The van der Waals surface area contributed by atoms with Gasteiger partial charge in [0.2, 0.25) is 0 Å². The predicted octanol–water partition coefficient (Wildman–Crippen LogP) is 1.86. The van der Waals surface area contributed by atoms with Gasteiger partial charge >= 0.3 is 0 Å². The molecule has 1 heterocycles. The first kappa shape index (κ1) is 9.20. The maximum Gasteiger partial charge on any atom is 0.0545 e. The van der Waals surface area contributed by atoms with Crippen molar-refractivity contribution in [2.45, 2.75) is 39.7 Å². The highest BCUT2D eigenvalue weighted by Crippen LogP contribution is 2.33. The van der Waals surface area contributed by atoms with Crippen molar-refractivity contribution in [2.75, 3.05) is 13.1 Å². The zero-order valence-electron chi connectivity index (χ0n) is 8.93. The molecule has 2 rings (SSSR count). The first-order valence-corrected chi connectivity index (χ1v) is 5.34. The van der Waals surface area contributed by atoms with Crippen LogP contribution in [0, 0.1) is 11.3 Å². The van der Waals surface area contributed by atoms with Gasteiger partial charge in [0.1, 0.15) is 0 Å². The highest BCUT2D eigenvalue weighted by Gasteiger charge is 2.33. The number of nitrogens with one attached hydrogen (secondary N) is 1. The zero-order chi connectivity index (χ0) is 9.47. The van der Waals surface area contributed by atoms with E-state index in [2.05, 4.69) is 26.1 Å². The molecule has 13 heavy (non-hydrogen) atoms. The lowest BCUT2D eigenvalue weighted by Crippen LogP contribution is -2.45. The van der Waals surface area contributed by atoms with Crippen LogP contribution in [0.2, 0.25) is 0 Å². The molecule has 2 aliphatic rings. The van der Waals surface area contributed by atoms with Gasteiger partial charge in [-0.05, 0) is 18.8 Å². The summed E-state index contributed by atoms with van der Waals surface area (Å²) in [6.45, 7) is 8.74. The summed E-state index contributed by atoms with van der Waals surface area (Å²) >= 11 is 0. The molecular formula is C11H20N2. The Bertz CT molecular complexity index is 221. The number of rotatable bonds is 1. The van der Waals surface area contributed by atoms with Crippen LogP contribution in [-0.2, 0) is 0 Å². The van der Waals surface area contributed by atoms with E-state index in [9.17, 15) is 0 Å². The summed E-state index contributed by atoms with van der Waals surface area (Å²) in [5.41, 5.74) is 1.59. The minimum atomic E-state index is 0.252. The molecule has 1 aliphatic heterocycles. The second kappa shape index (κ2) is 3.09. The highest BCUT2D eigenvalue weighted by molar-refractivity contribution is 5.91. The van der Waals surface area contributed by atoms with Gasteiger partial charge in [-0.15, -0.1) is 0 Å². The third-order valence-corrected chi connectivity index (χ3v) is 3.07. The lowest BCUT2D eigenvalue weighted by atomic mass is 9.88. The standard InChI is InChI=1S/C11H20N2/c1-11(2,3)10-7-12-9(6-13-10)8-4-5-8/h8-9,12H,4-7H2,1-3H3. The summed E-state index contributed by atoms with van der Waals surface area (Å²) in [5.74, 6) is 0.935. The van der Waals surface area contributed by atoms with Crippen LogP contribution in [0.5, 0.6) is 0 Å². The number of hydrogen-bond acceptors (Lipinski definition) is 2. The van der Waals surface area contributed by atoms with Gasteiger partial charge in [0.25, 0.3) is 0 Å². The van der Waals surface area contributed by atoms with E-state index >= 15 is 0 Å². The highest BCUT2D eigenvalue weighted by atomic mass is 15.0. The van der Waals surface area contributed by atoms with Crippen molar-refractivity contribution in [1.82, 2.24) is 5.32 Å². The molecule has 0 aromatic heterocycles. The van der Waals surface area contributed by atoms with Gasteiger partial charge < -0.3 is 5.32 Å². The fourth-order valence-corrected chi connectivity index (χ4v) is 1.87. The average molecular weight is 180 g/mol. The molecule has 0 amide bonds. The van der Waals surface area contributed by atoms with Crippen molar-refractivity contribution in [3.8, 4) is 0 Å². The minimum Gasteiger partial charge on any atom is -0.307 e. The molecule has 74 valence electrons. The van der Waals surface area contributed by atoms with E-state index in [-0.39, 0.29) is 5.41 Å². The molecule has 1 unspecified atom stereocenters. The van der Waals surface area contributed by atoms with Crippen LogP contribution >= 0.6 is 0 Å². The maximum absolute atomic E-state index is 4.70. The fraction of sp³-hybridized carbons (Fsp3) is 0.909.